The van der Waals surface area contributed by atoms with Crippen LogP contribution >= 0.6 is 0 Å². The smallest absolute Gasteiger partial charge is 0.266 e. The van der Waals surface area contributed by atoms with Crippen LogP contribution in [0.5, 0.6) is 0 Å². The maximum Gasteiger partial charge on any atom is 0.266 e. The van der Waals surface area contributed by atoms with Gasteiger partial charge in [-0.25, -0.2) is 12.7 Å². The highest BCUT2D eigenvalue weighted by molar-refractivity contribution is 7.89. The molecule has 4 nitrogen and oxygen atoms in total. The molecule has 0 N–H and O–H groups in total. The predicted octanol–water partition coefficient (Wildman–Crippen LogP) is 1.94. The van der Waals surface area contributed by atoms with E-state index in [1.807, 2.05) is 6.92 Å². The number of hydrogen-bond donors (Lipinski definition) is 0. The Bertz CT molecular complexity index is 573. The molecular weight excluding hydrogens is 250 g/mol. The van der Waals surface area contributed by atoms with Crippen LogP contribution in [-0.4, -0.2) is 25.2 Å². The maximum atomic E-state index is 12.3. The lowest BCUT2D eigenvalue weighted by atomic mass is 9.92. The number of aryl methyl sites for hydroxylation is 1. The monoisotopic (exact) mass is 267 g/mol. The minimum absolute atomic E-state index is 0.180. The van der Waals surface area contributed by atoms with E-state index < -0.39 is 15.4 Å². The van der Waals surface area contributed by atoms with Crippen molar-refractivity contribution in [3.63, 3.8) is 0 Å². The molecule has 0 unspecified atom stereocenters. The minimum atomic E-state index is -3.69. The quantitative estimate of drug-likeness (QED) is 0.823. The number of amides is 1. The van der Waals surface area contributed by atoms with Crippen LogP contribution in [0.25, 0.3) is 0 Å². The topological polar surface area (TPSA) is 54.5 Å². The Balaban J connectivity index is 2.39. The summed E-state index contributed by atoms with van der Waals surface area (Å²) < 4.78 is 25.7. The van der Waals surface area contributed by atoms with Crippen LogP contribution in [0.2, 0.25) is 0 Å². The van der Waals surface area contributed by atoms with Gasteiger partial charge in [-0.05, 0) is 25.5 Å². The van der Waals surface area contributed by atoms with Gasteiger partial charge in [-0.3, -0.25) is 4.79 Å². The van der Waals surface area contributed by atoms with E-state index in [2.05, 4.69) is 0 Å². The Morgan fingerprint density at radius 3 is 2.17 bits per heavy atom. The van der Waals surface area contributed by atoms with Gasteiger partial charge in [0.2, 0.25) is 5.91 Å². The summed E-state index contributed by atoms with van der Waals surface area (Å²) in [5.74, 6) is -0.317. The SMILES string of the molecule is Cc1ccc(S(=O)(=O)N2CCC(C)(C)C2=O)cc1. The molecule has 1 saturated heterocycles. The van der Waals surface area contributed by atoms with Crippen LogP contribution in [-0.2, 0) is 14.8 Å². The van der Waals surface area contributed by atoms with Crippen molar-refractivity contribution in [2.75, 3.05) is 6.54 Å². The van der Waals surface area contributed by atoms with Crippen molar-refractivity contribution in [3.8, 4) is 0 Å². The lowest BCUT2D eigenvalue weighted by Gasteiger charge is -2.19. The van der Waals surface area contributed by atoms with Crippen LogP contribution in [0.1, 0.15) is 25.8 Å². The summed E-state index contributed by atoms with van der Waals surface area (Å²) in [5.41, 5.74) is 0.402. The number of carbonyl (C=O) groups is 1. The second-order valence-electron chi connectivity index (χ2n) is 5.33. The summed E-state index contributed by atoms with van der Waals surface area (Å²) in [7, 11) is -3.69. The molecule has 1 aromatic rings. The van der Waals surface area contributed by atoms with Crippen LogP contribution in [0.3, 0.4) is 0 Å². The number of hydrogen-bond acceptors (Lipinski definition) is 3. The molecule has 2 rings (SSSR count). The van der Waals surface area contributed by atoms with Gasteiger partial charge in [-0.15, -0.1) is 0 Å². The highest BCUT2D eigenvalue weighted by Crippen LogP contribution is 2.34. The molecule has 98 valence electrons. The normalized spacial score (nSPS) is 19.3. The molecule has 0 spiro atoms. The first-order chi connectivity index (χ1) is 8.25. The summed E-state index contributed by atoms with van der Waals surface area (Å²) in [5, 5.41) is 0. The molecule has 0 aromatic heterocycles. The molecule has 5 heteroatoms. The summed E-state index contributed by atoms with van der Waals surface area (Å²) in [6, 6.07) is 6.56. The summed E-state index contributed by atoms with van der Waals surface area (Å²) in [4.78, 5) is 12.2. The van der Waals surface area contributed by atoms with E-state index in [1.165, 1.54) is 0 Å². The second kappa shape index (κ2) is 4.09. The van der Waals surface area contributed by atoms with Gasteiger partial charge in [0.05, 0.1) is 4.90 Å². The largest absolute Gasteiger partial charge is 0.273 e. The molecule has 0 bridgehead atoms. The average molecular weight is 267 g/mol. The number of rotatable bonds is 2. The number of sulfonamides is 1. The highest BCUT2D eigenvalue weighted by atomic mass is 32.2. The summed E-state index contributed by atoms with van der Waals surface area (Å²) >= 11 is 0. The van der Waals surface area contributed by atoms with Crippen molar-refractivity contribution in [1.82, 2.24) is 4.31 Å². The van der Waals surface area contributed by atoms with Crippen molar-refractivity contribution in [2.24, 2.45) is 5.41 Å². The molecule has 1 heterocycles. The lowest BCUT2D eigenvalue weighted by Crippen LogP contribution is -2.36. The van der Waals surface area contributed by atoms with E-state index in [0.29, 0.717) is 6.42 Å². The molecule has 1 amide bonds. The third kappa shape index (κ3) is 2.03. The Labute approximate surface area is 108 Å². The zero-order chi connectivity index (χ0) is 13.6. The van der Waals surface area contributed by atoms with E-state index in [9.17, 15) is 13.2 Å². The molecule has 1 aromatic carbocycles. The first-order valence-corrected chi connectivity index (χ1v) is 7.33. The summed E-state index contributed by atoms with van der Waals surface area (Å²) in [6.45, 7) is 5.71. The first kappa shape index (κ1) is 13.1. The van der Waals surface area contributed by atoms with Crippen LogP contribution in [0.15, 0.2) is 29.2 Å². The van der Waals surface area contributed by atoms with Gasteiger partial charge in [-0.2, -0.15) is 0 Å². The minimum Gasteiger partial charge on any atom is -0.273 e. The van der Waals surface area contributed by atoms with Gasteiger partial charge >= 0.3 is 0 Å². The maximum absolute atomic E-state index is 12.3. The molecule has 0 aliphatic carbocycles. The Morgan fingerprint density at radius 2 is 1.72 bits per heavy atom. The average Bonchev–Trinajstić information content (AvgIpc) is 2.55. The van der Waals surface area contributed by atoms with Crippen LogP contribution in [0.4, 0.5) is 0 Å². The number of nitrogens with zero attached hydrogens (tertiary/aromatic N) is 1. The molecule has 1 aliphatic heterocycles. The van der Waals surface area contributed by atoms with Crippen molar-refractivity contribution < 1.29 is 13.2 Å². The second-order valence-corrected chi connectivity index (χ2v) is 7.19. The number of carbonyl (C=O) groups excluding carboxylic acids is 1. The van der Waals surface area contributed by atoms with Crippen molar-refractivity contribution >= 4 is 15.9 Å². The van der Waals surface area contributed by atoms with Gasteiger partial charge < -0.3 is 0 Å². The van der Waals surface area contributed by atoms with E-state index in [4.69, 9.17) is 0 Å². The summed E-state index contributed by atoms with van der Waals surface area (Å²) in [6.07, 6.45) is 0.566. The Kier molecular flexibility index (Phi) is 2.97. The fraction of sp³-hybridized carbons (Fsp3) is 0.462. The van der Waals surface area contributed by atoms with Crippen molar-refractivity contribution in [2.45, 2.75) is 32.1 Å². The standard InChI is InChI=1S/C13H17NO3S/c1-10-4-6-11(7-5-10)18(16,17)14-9-8-13(2,3)12(14)15/h4-7H,8-9H2,1-3H3. The van der Waals surface area contributed by atoms with Crippen molar-refractivity contribution in [1.29, 1.82) is 0 Å². The zero-order valence-electron chi connectivity index (χ0n) is 10.8. The van der Waals surface area contributed by atoms with Crippen LogP contribution < -0.4 is 0 Å². The third-order valence-corrected chi connectivity index (χ3v) is 5.15. The van der Waals surface area contributed by atoms with Crippen LogP contribution in [0, 0.1) is 12.3 Å². The fourth-order valence-electron chi connectivity index (χ4n) is 1.99. The molecule has 18 heavy (non-hydrogen) atoms. The Morgan fingerprint density at radius 1 is 1.17 bits per heavy atom. The van der Waals surface area contributed by atoms with E-state index in [-0.39, 0.29) is 17.3 Å². The van der Waals surface area contributed by atoms with Gasteiger partial charge in [0.1, 0.15) is 0 Å². The van der Waals surface area contributed by atoms with Gasteiger partial charge in [-0.1, -0.05) is 31.5 Å². The number of benzene rings is 1. The fourth-order valence-corrected chi connectivity index (χ4v) is 3.53. The zero-order valence-corrected chi connectivity index (χ0v) is 11.6. The molecule has 1 aliphatic rings. The van der Waals surface area contributed by atoms with E-state index >= 15 is 0 Å². The third-order valence-electron chi connectivity index (χ3n) is 3.35. The Hall–Kier alpha value is -1.36. The van der Waals surface area contributed by atoms with Gasteiger partial charge in [0, 0.05) is 12.0 Å². The van der Waals surface area contributed by atoms with E-state index in [0.717, 1.165) is 9.87 Å². The molecule has 0 radical (unpaired) electrons. The van der Waals surface area contributed by atoms with Gasteiger partial charge in [0.15, 0.2) is 0 Å². The van der Waals surface area contributed by atoms with Gasteiger partial charge in [0.25, 0.3) is 10.0 Å². The van der Waals surface area contributed by atoms with Crippen molar-refractivity contribution in [3.05, 3.63) is 29.8 Å². The highest BCUT2D eigenvalue weighted by Gasteiger charge is 2.44. The molecular formula is C13H17NO3S. The van der Waals surface area contributed by atoms with E-state index in [1.54, 1.807) is 38.1 Å². The lowest BCUT2D eigenvalue weighted by molar-refractivity contribution is -0.130. The molecule has 1 fully saturated rings. The predicted molar refractivity (Wildman–Crippen MR) is 68.5 cm³/mol. The molecule has 0 saturated carbocycles. The molecule has 0 atom stereocenters. The first-order valence-electron chi connectivity index (χ1n) is 5.89.